The molecule has 0 spiro atoms. The van der Waals surface area contributed by atoms with E-state index in [0.29, 0.717) is 22.6 Å². The van der Waals surface area contributed by atoms with Crippen LogP contribution in [0.1, 0.15) is 6.42 Å². The highest BCUT2D eigenvalue weighted by atomic mass is 32.2. The molecular weight excluding hydrogens is 420 g/mol. The van der Waals surface area contributed by atoms with Gasteiger partial charge in [0.2, 0.25) is 21.9 Å². The molecular formula is C20H20N6O4S. The van der Waals surface area contributed by atoms with E-state index in [2.05, 4.69) is 32.8 Å². The highest BCUT2D eigenvalue weighted by Crippen LogP contribution is 2.45. The van der Waals surface area contributed by atoms with Crippen LogP contribution in [0.4, 0.5) is 17.5 Å². The maximum atomic E-state index is 12.0. The minimum Gasteiger partial charge on any atom is -0.459 e. The Labute approximate surface area is 177 Å². The SMILES string of the molecule is NC(=O)[C@H]1[C@@H](Nc2nc(Nc3ccc(S(N)(=O)=O)cc3)nc3ccoc23)[C@@H]2C=C[C@H]1C2. The molecule has 1 aromatic carbocycles. The summed E-state index contributed by atoms with van der Waals surface area (Å²) in [6, 6.07) is 7.46. The van der Waals surface area contributed by atoms with Gasteiger partial charge in [-0.15, -0.1) is 0 Å². The fraction of sp³-hybridized carbons (Fsp3) is 0.250. The van der Waals surface area contributed by atoms with Gasteiger partial charge in [0.05, 0.1) is 17.1 Å². The molecule has 0 unspecified atom stereocenters. The van der Waals surface area contributed by atoms with Crippen molar-refractivity contribution in [2.45, 2.75) is 17.4 Å². The molecule has 2 bridgehead atoms. The van der Waals surface area contributed by atoms with Crippen molar-refractivity contribution in [3.63, 3.8) is 0 Å². The number of benzene rings is 1. The molecule has 2 heterocycles. The third kappa shape index (κ3) is 3.51. The quantitative estimate of drug-likeness (QED) is 0.420. The normalized spacial score (nSPS) is 24.5. The second-order valence-electron chi connectivity index (χ2n) is 7.77. The molecule has 2 aliphatic rings. The van der Waals surface area contributed by atoms with E-state index in [1.807, 2.05) is 0 Å². The highest BCUT2D eigenvalue weighted by Gasteiger charge is 2.47. The van der Waals surface area contributed by atoms with Gasteiger partial charge in [-0.3, -0.25) is 4.79 Å². The number of nitrogens with two attached hydrogens (primary N) is 2. The number of hydrogen-bond acceptors (Lipinski definition) is 8. The van der Waals surface area contributed by atoms with Crippen molar-refractivity contribution in [3.05, 3.63) is 48.7 Å². The number of primary sulfonamides is 1. The molecule has 10 nitrogen and oxygen atoms in total. The molecule has 0 aliphatic heterocycles. The standard InChI is InChI=1S/C20H20N6O4S/c21-18(27)15-10-1-2-11(9-10)16(15)25-19-17-14(7-8-30-17)24-20(26-19)23-12-3-5-13(6-4-12)31(22,28)29/h1-8,10-11,15-16H,9H2,(H2,21,27)(H2,22,28,29)(H2,23,24,25,26)/t10-,11+,15+,16-/m0/s1. The average molecular weight is 440 g/mol. The first-order chi connectivity index (χ1) is 14.8. The summed E-state index contributed by atoms with van der Waals surface area (Å²) in [5.41, 5.74) is 7.30. The third-order valence-electron chi connectivity index (χ3n) is 5.83. The zero-order chi connectivity index (χ0) is 21.8. The number of primary amides is 1. The Morgan fingerprint density at radius 3 is 2.55 bits per heavy atom. The van der Waals surface area contributed by atoms with Crippen LogP contribution in [0.25, 0.3) is 11.1 Å². The lowest BCUT2D eigenvalue weighted by Crippen LogP contribution is -2.41. The summed E-state index contributed by atoms with van der Waals surface area (Å²) >= 11 is 0. The number of amides is 1. The lowest BCUT2D eigenvalue weighted by atomic mass is 9.88. The van der Waals surface area contributed by atoms with Gasteiger partial charge in [0.25, 0.3) is 0 Å². The van der Waals surface area contributed by atoms with Crippen LogP contribution in [-0.4, -0.2) is 30.3 Å². The second-order valence-corrected chi connectivity index (χ2v) is 9.33. The number of anilines is 3. The van der Waals surface area contributed by atoms with Crippen molar-refractivity contribution in [2.24, 2.45) is 28.6 Å². The van der Waals surface area contributed by atoms with Gasteiger partial charge in [0.1, 0.15) is 5.52 Å². The third-order valence-corrected chi connectivity index (χ3v) is 6.76. The van der Waals surface area contributed by atoms with E-state index in [0.717, 1.165) is 6.42 Å². The van der Waals surface area contributed by atoms with E-state index in [4.69, 9.17) is 15.3 Å². The van der Waals surface area contributed by atoms with Crippen LogP contribution < -0.4 is 21.5 Å². The fourth-order valence-electron chi connectivity index (χ4n) is 4.44. The van der Waals surface area contributed by atoms with E-state index < -0.39 is 10.0 Å². The van der Waals surface area contributed by atoms with Crippen molar-refractivity contribution in [2.75, 3.05) is 10.6 Å². The Morgan fingerprint density at radius 1 is 1.10 bits per heavy atom. The Morgan fingerprint density at radius 2 is 1.84 bits per heavy atom. The summed E-state index contributed by atoms with van der Waals surface area (Å²) < 4.78 is 28.4. The van der Waals surface area contributed by atoms with Crippen molar-refractivity contribution in [1.29, 1.82) is 0 Å². The lowest BCUT2D eigenvalue weighted by Gasteiger charge is -2.27. The number of nitrogens with zero attached hydrogens (tertiary/aromatic N) is 2. The first-order valence-corrected chi connectivity index (χ1v) is 11.2. The molecule has 3 aromatic rings. The van der Waals surface area contributed by atoms with Crippen LogP contribution in [0.15, 0.2) is 58.1 Å². The van der Waals surface area contributed by atoms with Crippen LogP contribution in [0.3, 0.4) is 0 Å². The molecule has 160 valence electrons. The first kappa shape index (κ1) is 19.5. The summed E-state index contributed by atoms with van der Waals surface area (Å²) in [5.74, 6) is 0.392. The summed E-state index contributed by atoms with van der Waals surface area (Å²) in [5, 5.41) is 11.5. The molecule has 31 heavy (non-hydrogen) atoms. The average Bonchev–Trinajstić information content (AvgIpc) is 3.43. The molecule has 2 aromatic heterocycles. The van der Waals surface area contributed by atoms with E-state index in [1.54, 1.807) is 18.2 Å². The van der Waals surface area contributed by atoms with Crippen molar-refractivity contribution in [3.8, 4) is 0 Å². The summed E-state index contributed by atoms with van der Waals surface area (Å²) in [6.45, 7) is 0. The molecule has 1 fully saturated rings. The lowest BCUT2D eigenvalue weighted by molar-refractivity contribution is -0.122. The molecule has 2 aliphatic carbocycles. The van der Waals surface area contributed by atoms with Gasteiger partial charge in [0.15, 0.2) is 11.4 Å². The van der Waals surface area contributed by atoms with E-state index in [9.17, 15) is 13.2 Å². The molecule has 1 amide bonds. The molecule has 6 N–H and O–H groups in total. The van der Waals surface area contributed by atoms with Crippen molar-refractivity contribution < 1.29 is 17.6 Å². The maximum absolute atomic E-state index is 12.0. The van der Waals surface area contributed by atoms with Crippen LogP contribution in [0.2, 0.25) is 0 Å². The minimum absolute atomic E-state index is 0.00782. The van der Waals surface area contributed by atoms with Crippen LogP contribution in [0.5, 0.6) is 0 Å². The smallest absolute Gasteiger partial charge is 0.238 e. The van der Waals surface area contributed by atoms with E-state index >= 15 is 0 Å². The zero-order valence-corrected chi connectivity index (χ0v) is 17.0. The molecule has 0 saturated heterocycles. The molecule has 1 saturated carbocycles. The summed E-state index contributed by atoms with van der Waals surface area (Å²) in [7, 11) is -3.78. The summed E-state index contributed by atoms with van der Waals surface area (Å²) in [6.07, 6.45) is 6.55. The van der Waals surface area contributed by atoms with Crippen LogP contribution >= 0.6 is 0 Å². The van der Waals surface area contributed by atoms with Crippen molar-refractivity contribution in [1.82, 2.24) is 9.97 Å². The second kappa shape index (κ2) is 7.06. The number of aromatic nitrogens is 2. The van der Waals surface area contributed by atoms with E-state index in [-0.39, 0.29) is 40.5 Å². The fourth-order valence-corrected chi connectivity index (χ4v) is 4.95. The topological polar surface area (TPSA) is 166 Å². The van der Waals surface area contributed by atoms with Gasteiger partial charge in [-0.1, -0.05) is 12.2 Å². The largest absolute Gasteiger partial charge is 0.459 e. The van der Waals surface area contributed by atoms with Crippen LogP contribution in [-0.2, 0) is 14.8 Å². The van der Waals surface area contributed by atoms with Gasteiger partial charge in [-0.05, 0) is 42.5 Å². The monoisotopic (exact) mass is 440 g/mol. The number of hydrogen-bond donors (Lipinski definition) is 4. The minimum atomic E-state index is -3.78. The molecule has 5 rings (SSSR count). The van der Waals surface area contributed by atoms with Gasteiger partial charge in [-0.25, -0.2) is 18.5 Å². The van der Waals surface area contributed by atoms with E-state index in [1.165, 1.54) is 18.4 Å². The number of allylic oxidation sites excluding steroid dienone is 1. The van der Waals surface area contributed by atoms with Crippen LogP contribution in [0, 0.1) is 17.8 Å². The maximum Gasteiger partial charge on any atom is 0.238 e. The molecule has 11 heteroatoms. The number of sulfonamides is 1. The number of rotatable bonds is 6. The Bertz CT molecular complexity index is 1300. The van der Waals surface area contributed by atoms with Gasteiger partial charge in [0, 0.05) is 17.8 Å². The first-order valence-electron chi connectivity index (χ1n) is 9.69. The molecule has 4 atom stereocenters. The Hall–Kier alpha value is -3.44. The predicted molar refractivity (Wildman–Crippen MR) is 114 cm³/mol. The highest BCUT2D eigenvalue weighted by molar-refractivity contribution is 7.89. The Balaban J connectivity index is 1.45. The number of nitrogens with one attached hydrogen (secondary N) is 2. The number of carbonyl (C=O) groups excluding carboxylic acids is 1. The van der Waals surface area contributed by atoms with Gasteiger partial charge in [-0.2, -0.15) is 4.98 Å². The van der Waals surface area contributed by atoms with Crippen molar-refractivity contribution >= 4 is 44.5 Å². The number of furan rings is 1. The Kier molecular flexibility index (Phi) is 4.45. The van der Waals surface area contributed by atoms with Gasteiger partial charge < -0.3 is 20.8 Å². The number of carbonyl (C=O) groups is 1. The summed E-state index contributed by atoms with van der Waals surface area (Å²) in [4.78, 5) is 21.0. The predicted octanol–water partition coefficient (Wildman–Crippen LogP) is 1.70. The number of fused-ring (bicyclic) bond motifs is 3. The van der Waals surface area contributed by atoms with Gasteiger partial charge >= 0.3 is 0 Å². The zero-order valence-electron chi connectivity index (χ0n) is 16.2. The molecule has 0 radical (unpaired) electrons.